The number of hydrogen-bond acceptors (Lipinski definition) is 5. The summed E-state index contributed by atoms with van der Waals surface area (Å²) in [7, 11) is 0. The van der Waals surface area contributed by atoms with Crippen LogP contribution in [0.25, 0.3) is 10.6 Å². The predicted molar refractivity (Wildman–Crippen MR) is 127 cm³/mol. The van der Waals surface area contributed by atoms with Crippen LogP contribution in [0.3, 0.4) is 0 Å². The van der Waals surface area contributed by atoms with Crippen LogP contribution < -0.4 is 5.32 Å². The third kappa shape index (κ3) is 4.92. The molecule has 1 unspecified atom stereocenters. The Morgan fingerprint density at radius 1 is 0.875 bits per heavy atom. The Labute approximate surface area is 190 Å². The maximum atomic E-state index is 13.1. The molecular formula is C26H22N2O3S. The summed E-state index contributed by atoms with van der Waals surface area (Å²) >= 11 is 1.26. The highest BCUT2D eigenvalue weighted by Gasteiger charge is 2.28. The van der Waals surface area contributed by atoms with Crippen molar-refractivity contribution in [2.24, 2.45) is 0 Å². The number of anilines is 1. The number of aryl methyl sites for hydroxylation is 2. The van der Waals surface area contributed by atoms with Gasteiger partial charge in [-0.3, -0.25) is 4.79 Å². The predicted octanol–water partition coefficient (Wildman–Crippen LogP) is 5.96. The van der Waals surface area contributed by atoms with E-state index in [1.54, 1.807) is 31.2 Å². The molecule has 0 bridgehead atoms. The zero-order valence-electron chi connectivity index (χ0n) is 17.7. The Morgan fingerprint density at radius 3 is 2.16 bits per heavy atom. The number of amides is 1. The first-order valence-electron chi connectivity index (χ1n) is 10.2. The molecule has 0 saturated heterocycles. The van der Waals surface area contributed by atoms with E-state index in [4.69, 9.17) is 4.74 Å². The lowest BCUT2D eigenvalue weighted by Crippen LogP contribution is -2.26. The van der Waals surface area contributed by atoms with Crippen molar-refractivity contribution in [1.29, 1.82) is 0 Å². The van der Waals surface area contributed by atoms with Crippen LogP contribution in [0, 0.1) is 13.8 Å². The van der Waals surface area contributed by atoms with Gasteiger partial charge in [0.05, 0.1) is 5.69 Å². The third-order valence-electron chi connectivity index (χ3n) is 4.89. The van der Waals surface area contributed by atoms with E-state index in [-0.39, 0.29) is 0 Å². The zero-order valence-corrected chi connectivity index (χ0v) is 18.6. The fourth-order valence-corrected chi connectivity index (χ4v) is 4.15. The molecular weight excluding hydrogens is 420 g/mol. The van der Waals surface area contributed by atoms with E-state index >= 15 is 0 Å². The Hall–Kier alpha value is -3.77. The zero-order chi connectivity index (χ0) is 22.5. The normalized spacial score (nSPS) is 11.6. The number of aromatic nitrogens is 1. The van der Waals surface area contributed by atoms with E-state index in [1.165, 1.54) is 11.3 Å². The molecule has 1 heterocycles. The van der Waals surface area contributed by atoms with Crippen molar-refractivity contribution >= 4 is 28.9 Å². The Balaban J connectivity index is 1.59. The van der Waals surface area contributed by atoms with Gasteiger partial charge in [0.1, 0.15) is 9.88 Å². The SMILES string of the molecule is Cc1ccc(NC(=O)C(OC(=O)c2sc(-c3ccccc3)nc2C)c2ccccc2)cc1. The summed E-state index contributed by atoms with van der Waals surface area (Å²) in [6.07, 6.45) is -1.09. The molecule has 1 aromatic heterocycles. The van der Waals surface area contributed by atoms with Gasteiger partial charge in [-0.25, -0.2) is 9.78 Å². The van der Waals surface area contributed by atoms with Crippen molar-refractivity contribution in [2.75, 3.05) is 5.32 Å². The van der Waals surface area contributed by atoms with E-state index in [0.29, 0.717) is 21.8 Å². The van der Waals surface area contributed by atoms with Gasteiger partial charge in [-0.15, -0.1) is 11.3 Å². The third-order valence-corrected chi connectivity index (χ3v) is 6.07. The molecule has 4 aromatic rings. The summed E-state index contributed by atoms with van der Waals surface area (Å²) in [5, 5.41) is 3.57. The summed E-state index contributed by atoms with van der Waals surface area (Å²) in [5.74, 6) is -0.992. The molecule has 0 aliphatic rings. The van der Waals surface area contributed by atoms with Gasteiger partial charge in [0.15, 0.2) is 0 Å². The second kappa shape index (κ2) is 9.58. The molecule has 32 heavy (non-hydrogen) atoms. The van der Waals surface area contributed by atoms with Gasteiger partial charge in [0.2, 0.25) is 6.10 Å². The highest BCUT2D eigenvalue weighted by molar-refractivity contribution is 7.17. The van der Waals surface area contributed by atoms with Gasteiger partial charge in [-0.05, 0) is 26.0 Å². The number of carbonyl (C=O) groups is 2. The van der Waals surface area contributed by atoms with Crippen LogP contribution in [-0.2, 0) is 9.53 Å². The van der Waals surface area contributed by atoms with Crippen LogP contribution in [0.4, 0.5) is 5.69 Å². The second-order valence-electron chi connectivity index (χ2n) is 7.35. The Morgan fingerprint density at radius 2 is 1.50 bits per heavy atom. The van der Waals surface area contributed by atoms with Crippen molar-refractivity contribution < 1.29 is 14.3 Å². The number of nitrogens with one attached hydrogen (secondary N) is 1. The Kier molecular flexibility index (Phi) is 6.42. The highest BCUT2D eigenvalue weighted by atomic mass is 32.1. The standard InChI is InChI=1S/C26H22N2O3S/c1-17-13-15-21(16-14-17)28-24(29)22(19-9-5-3-6-10-19)31-26(30)23-18(2)27-25(32-23)20-11-7-4-8-12-20/h3-16,22H,1-2H3,(H,28,29). The Bertz CT molecular complexity index is 1220. The first kappa shape index (κ1) is 21.5. The van der Waals surface area contributed by atoms with Crippen molar-refractivity contribution in [3.05, 3.63) is 107 Å². The molecule has 0 aliphatic heterocycles. The van der Waals surface area contributed by atoms with Crippen LogP contribution >= 0.6 is 11.3 Å². The van der Waals surface area contributed by atoms with Gasteiger partial charge in [0, 0.05) is 16.8 Å². The van der Waals surface area contributed by atoms with Crippen LogP contribution in [0.5, 0.6) is 0 Å². The molecule has 0 radical (unpaired) electrons. The summed E-state index contributed by atoms with van der Waals surface area (Å²) in [4.78, 5) is 31.0. The number of esters is 1. The molecule has 6 heteroatoms. The first-order valence-corrected chi connectivity index (χ1v) is 11.0. The lowest BCUT2D eigenvalue weighted by atomic mass is 10.1. The van der Waals surface area contributed by atoms with Crippen LogP contribution in [0.15, 0.2) is 84.9 Å². The van der Waals surface area contributed by atoms with Gasteiger partial charge in [0.25, 0.3) is 5.91 Å². The first-order chi connectivity index (χ1) is 15.5. The average Bonchev–Trinajstić information content (AvgIpc) is 3.21. The minimum absolute atomic E-state index is 0.382. The average molecular weight is 443 g/mol. The number of carbonyl (C=O) groups excluding carboxylic acids is 2. The molecule has 3 aromatic carbocycles. The summed E-state index contributed by atoms with van der Waals surface area (Å²) < 4.78 is 5.73. The molecule has 1 N–H and O–H groups in total. The molecule has 0 aliphatic carbocycles. The van der Waals surface area contributed by atoms with Crippen LogP contribution in [-0.4, -0.2) is 16.9 Å². The lowest BCUT2D eigenvalue weighted by molar-refractivity contribution is -0.125. The van der Waals surface area contributed by atoms with E-state index in [2.05, 4.69) is 10.3 Å². The van der Waals surface area contributed by atoms with E-state index < -0.39 is 18.0 Å². The van der Waals surface area contributed by atoms with Crippen molar-refractivity contribution in [2.45, 2.75) is 20.0 Å². The molecule has 0 saturated carbocycles. The molecule has 1 amide bonds. The number of ether oxygens (including phenoxy) is 1. The quantitative estimate of drug-likeness (QED) is 0.374. The van der Waals surface area contributed by atoms with Crippen molar-refractivity contribution in [3.63, 3.8) is 0 Å². The maximum absolute atomic E-state index is 13.1. The molecule has 5 nitrogen and oxygen atoms in total. The number of hydrogen-bond donors (Lipinski definition) is 1. The fraction of sp³-hybridized carbons (Fsp3) is 0.115. The van der Waals surface area contributed by atoms with Crippen LogP contribution in [0.2, 0.25) is 0 Å². The van der Waals surface area contributed by atoms with E-state index in [1.807, 2.05) is 67.6 Å². The van der Waals surface area contributed by atoms with Crippen molar-refractivity contribution in [3.8, 4) is 10.6 Å². The number of nitrogens with zero attached hydrogens (tertiary/aromatic N) is 1. The molecule has 4 rings (SSSR count). The minimum Gasteiger partial charge on any atom is -0.443 e. The van der Waals surface area contributed by atoms with Crippen molar-refractivity contribution in [1.82, 2.24) is 4.98 Å². The van der Waals surface area contributed by atoms with E-state index in [0.717, 1.165) is 16.1 Å². The minimum atomic E-state index is -1.09. The monoisotopic (exact) mass is 442 g/mol. The van der Waals surface area contributed by atoms with E-state index in [9.17, 15) is 9.59 Å². The van der Waals surface area contributed by atoms with Gasteiger partial charge >= 0.3 is 5.97 Å². The molecule has 160 valence electrons. The number of thiazole rings is 1. The second-order valence-corrected chi connectivity index (χ2v) is 8.35. The summed E-state index contributed by atoms with van der Waals surface area (Å²) in [6.45, 7) is 3.74. The van der Waals surface area contributed by atoms with Gasteiger partial charge in [-0.1, -0.05) is 78.4 Å². The van der Waals surface area contributed by atoms with Gasteiger partial charge in [-0.2, -0.15) is 0 Å². The lowest BCUT2D eigenvalue weighted by Gasteiger charge is -2.18. The highest BCUT2D eigenvalue weighted by Crippen LogP contribution is 2.30. The molecule has 0 spiro atoms. The molecule has 0 fully saturated rings. The molecule has 1 atom stereocenters. The fourth-order valence-electron chi connectivity index (χ4n) is 3.20. The number of rotatable bonds is 6. The topological polar surface area (TPSA) is 68.3 Å². The van der Waals surface area contributed by atoms with Gasteiger partial charge < -0.3 is 10.1 Å². The summed E-state index contributed by atoms with van der Waals surface area (Å²) in [5.41, 5.74) is 3.82. The summed E-state index contributed by atoms with van der Waals surface area (Å²) in [6, 6.07) is 26.1. The number of benzene rings is 3. The van der Waals surface area contributed by atoms with Crippen LogP contribution in [0.1, 0.15) is 32.6 Å². The maximum Gasteiger partial charge on any atom is 0.351 e. The smallest absolute Gasteiger partial charge is 0.351 e. The largest absolute Gasteiger partial charge is 0.443 e.